The molecule has 0 atom stereocenters. The van der Waals surface area contributed by atoms with Gasteiger partial charge in [0.15, 0.2) is 6.61 Å². The molecule has 1 amide bonds. The predicted octanol–water partition coefficient (Wildman–Crippen LogP) is 4.00. The first kappa shape index (κ1) is 20.1. The number of esters is 1. The fraction of sp³-hybridized carbons (Fsp3) is 0.333. The smallest absolute Gasteiger partial charge is 0.341 e. The number of carbonyl (C=O) groups is 2. The Morgan fingerprint density at radius 2 is 1.97 bits per heavy atom. The molecule has 0 radical (unpaired) electrons. The van der Waals surface area contributed by atoms with Gasteiger partial charge in [-0.3, -0.25) is 4.79 Å². The van der Waals surface area contributed by atoms with Crippen molar-refractivity contribution in [2.75, 3.05) is 12.4 Å². The van der Waals surface area contributed by atoms with Gasteiger partial charge in [0.25, 0.3) is 5.89 Å². The average molecular weight is 427 g/mol. The van der Waals surface area contributed by atoms with Gasteiger partial charge in [0.1, 0.15) is 10.8 Å². The van der Waals surface area contributed by atoms with Gasteiger partial charge in [-0.25, -0.2) is 4.79 Å². The Hall–Kier alpha value is -3.20. The molecule has 0 unspecified atom stereocenters. The average Bonchev–Trinajstić information content (AvgIpc) is 3.36. The Kier molecular flexibility index (Phi) is 5.80. The molecule has 4 rings (SSSR count). The van der Waals surface area contributed by atoms with Gasteiger partial charge < -0.3 is 19.3 Å². The zero-order valence-corrected chi connectivity index (χ0v) is 17.5. The molecule has 1 N–H and O–H groups in total. The van der Waals surface area contributed by atoms with Crippen molar-refractivity contribution in [2.45, 2.75) is 39.2 Å². The summed E-state index contributed by atoms with van der Waals surface area (Å²) in [6.07, 6.45) is 3.81. The Bertz CT molecular complexity index is 1070. The maximum absolute atomic E-state index is 12.8. The second-order valence-corrected chi connectivity index (χ2v) is 8.02. The van der Waals surface area contributed by atoms with Crippen molar-refractivity contribution in [1.29, 1.82) is 0 Å². The molecule has 8 nitrogen and oxygen atoms in total. The minimum absolute atomic E-state index is 0.147. The molecule has 30 heavy (non-hydrogen) atoms. The highest BCUT2D eigenvalue weighted by molar-refractivity contribution is 7.17. The molecule has 0 fully saturated rings. The summed E-state index contributed by atoms with van der Waals surface area (Å²) >= 11 is 1.45. The molecule has 0 saturated heterocycles. The van der Waals surface area contributed by atoms with E-state index in [-0.39, 0.29) is 18.4 Å². The van der Waals surface area contributed by atoms with Gasteiger partial charge in [-0.2, -0.15) is 4.98 Å². The van der Waals surface area contributed by atoms with Crippen LogP contribution in [0.5, 0.6) is 5.75 Å². The number of amides is 1. The lowest BCUT2D eigenvalue weighted by Gasteiger charge is -2.12. The maximum atomic E-state index is 12.8. The van der Waals surface area contributed by atoms with Crippen molar-refractivity contribution in [3.05, 3.63) is 46.2 Å². The summed E-state index contributed by atoms with van der Waals surface area (Å²) in [6, 6.07) is 7.23. The van der Waals surface area contributed by atoms with Crippen molar-refractivity contribution in [3.8, 4) is 17.1 Å². The van der Waals surface area contributed by atoms with E-state index in [1.54, 1.807) is 19.2 Å². The maximum Gasteiger partial charge on any atom is 0.341 e. The van der Waals surface area contributed by atoms with E-state index in [0.717, 1.165) is 47.4 Å². The Morgan fingerprint density at radius 1 is 1.20 bits per heavy atom. The molecule has 2 heterocycles. The van der Waals surface area contributed by atoms with Crippen LogP contribution in [0.3, 0.4) is 0 Å². The third-order valence-corrected chi connectivity index (χ3v) is 6.02. The van der Waals surface area contributed by atoms with Crippen molar-refractivity contribution >= 4 is 28.2 Å². The molecule has 1 aliphatic carbocycles. The molecular formula is C21H21N3O5S. The summed E-state index contributed by atoms with van der Waals surface area (Å²) in [7, 11) is 1.60. The summed E-state index contributed by atoms with van der Waals surface area (Å²) < 4.78 is 15.8. The second kappa shape index (κ2) is 8.66. The fourth-order valence-electron chi connectivity index (χ4n) is 3.40. The van der Waals surface area contributed by atoms with E-state index < -0.39 is 5.97 Å². The van der Waals surface area contributed by atoms with Crippen LogP contribution in [0.25, 0.3) is 11.4 Å². The lowest BCUT2D eigenvalue weighted by atomic mass is 9.95. The van der Waals surface area contributed by atoms with Gasteiger partial charge in [-0.1, -0.05) is 5.16 Å². The van der Waals surface area contributed by atoms with E-state index in [4.69, 9.17) is 14.0 Å². The van der Waals surface area contributed by atoms with E-state index in [0.29, 0.717) is 16.4 Å². The van der Waals surface area contributed by atoms with Crippen molar-refractivity contribution in [3.63, 3.8) is 0 Å². The SMILES string of the molecule is COc1ccc(-c2noc(COC(=O)c3c(NC(C)=O)sc4c3CCCC4)n2)cc1. The molecular weight excluding hydrogens is 406 g/mol. The number of thiophene rings is 1. The monoisotopic (exact) mass is 427 g/mol. The first-order chi connectivity index (χ1) is 14.5. The lowest BCUT2D eigenvalue weighted by molar-refractivity contribution is -0.114. The number of hydrogen-bond donors (Lipinski definition) is 1. The summed E-state index contributed by atoms with van der Waals surface area (Å²) in [4.78, 5) is 29.8. The van der Waals surface area contributed by atoms with Gasteiger partial charge in [-0.05, 0) is 55.5 Å². The van der Waals surface area contributed by atoms with Gasteiger partial charge in [0.05, 0.1) is 12.7 Å². The molecule has 156 valence electrons. The van der Waals surface area contributed by atoms with Crippen LogP contribution in [0, 0.1) is 0 Å². The fourth-order valence-corrected chi connectivity index (χ4v) is 4.72. The highest BCUT2D eigenvalue weighted by Crippen LogP contribution is 2.38. The third-order valence-electron chi connectivity index (χ3n) is 4.81. The number of fused-ring (bicyclic) bond motifs is 1. The quantitative estimate of drug-likeness (QED) is 0.593. The number of aryl methyl sites for hydroxylation is 1. The highest BCUT2D eigenvalue weighted by Gasteiger charge is 2.27. The first-order valence-electron chi connectivity index (χ1n) is 9.61. The molecule has 0 saturated carbocycles. The van der Waals surface area contributed by atoms with Crippen LogP contribution in [0.1, 0.15) is 46.5 Å². The number of rotatable bonds is 6. The number of carbonyl (C=O) groups excluding carboxylic acids is 2. The van der Waals surface area contributed by atoms with E-state index in [2.05, 4.69) is 15.5 Å². The summed E-state index contributed by atoms with van der Waals surface area (Å²) in [5, 5.41) is 7.24. The zero-order chi connectivity index (χ0) is 21.1. The molecule has 0 spiro atoms. The number of nitrogens with zero attached hydrogens (tertiary/aromatic N) is 2. The van der Waals surface area contributed by atoms with E-state index in [9.17, 15) is 9.59 Å². The minimum atomic E-state index is -0.498. The number of hydrogen-bond acceptors (Lipinski definition) is 8. The summed E-state index contributed by atoms with van der Waals surface area (Å²) in [5.41, 5.74) is 2.18. The third kappa shape index (κ3) is 4.20. The standard InChI is InChI=1S/C21H21N3O5S/c1-12(25)22-20-18(15-5-3-4-6-16(15)30-20)21(26)28-11-17-23-19(24-29-17)13-7-9-14(27-2)10-8-13/h7-10H,3-6,11H2,1-2H3,(H,22,25). The number of ether oxygens (including phenoxy) is 2. The molecule has 2 aromatic heterocycles. The molecule has 9 heteroatoms. The van der Waals surface area contributed by atoms with Gasteiger partial charge in [-0.15, -0.1) is 11.3 Å². The Labute approximate surface area is 177 Å². The minimum Gasteiger partial charge on any atom is -0.497 e. The van der Waals surface area contributed by atoms with Crippen molar-refractivity contribution < 1.29 is 23.6 Å². The Morgan fingerprint density at radius 3 is 2.70 bits per heavy atom. The zero-order valence-electron chi connectivity index (χ0n) is 16.7. The number of nitrogens with one attached hydrogen (secondary N) is 1. The van der Waals surface area contributed by atoms with Crippen LogP contribution >= 0.6 is 11.3 Å². The molecule has 3 aromatic rings. The summed E-state index contributed by atoms with van der Waals surface area (Å²) in [5.74, 6) is 0.603. The van der Waals surface area contributed by atoms with Crippen LogP contribution in [-0.2, 0) is 29.0 Å². The van der Waals surface area contributed by atoms with E-state index >= 15 is 0 Å². The van der Waals surface area contributed by atoms with Crippen LogP contribution in [-0.4, -0.2) is 29.1 Å². The van der Waals surface area contributed by atoms with Crippen LogP contribution < -0.4 is 10.1 Å². The van der Waals surface area contributed by atoms with Crippen LogP contribution in [0.2, 0.25) is 0 Å². The topological polar surface area (TPSA) is 104 Å². The van der Waals surface area contributed by atoms with Crippen LogP contribution in [0.15, 0.2) is 28.8 Å². The predicted molar refractivity (Wildman–Crippen MR) is 111 cm³/mol. The van der Waals surface area contributed by atoms with E-state index in [1.165, 1.54) is 18.3 Å². The summed E-state index contributed by atoms with van der Waals surface area (Å²) in [6.45, 7) is 1.28. The van der Waals surface area contributed by atoms with Crippen molar-refractivity contribution in [1.82, 2.24) is 10.1 Å². The van der Waals surface area contributed by atoms with E-state index in [1.807, 2.05) is 12.1 Å². The van der Waals surface area contributed by atoms with Gasteiger partial charge in [0.2, 0.25) is 11.7 Å². The molecule has 0 aliphatic heterocycles. The normalized spacial score (nSPS) is 12.9. The molecule has 1 aliphatic rings. The molecule has 1 aromatic carbocycles. The number of aromatic nitrogens is 2. The molecule has 0 bridgehead atoms. The second-order valence-electron chi connectivity index (χ2n) is 6.91. The highest BCUT2D eigenvalue weighted by atomic mass is 32.1. The van der Waals surface area contributed by atoms with Crippen molar-refractivity contribution in [2.24, 2.45) is 0 Å². The Balaban J connectivity index is 1.48. The number of anilines is 1. The largest absolute Gasteiger partial charge is 0.497 e. The number of methoxy groups -OCH3 is 1. The lowest BCUT2D eigenvalue weighted by Crippen LogP contribution is -2.13. The van der Waals surface area contributed by atoms with Gasteiger partial charge in [0, 0.05) is 17.4 Å². The first-order valence-corrected chi connectivity index (χ1v) is 10.4. The van der Waals surface area contributed by atoms with Gasteiger partial charge >= 0.3 is 5.97 Å². The van der Waals surface area contributed by atoms with Crippen LogP contribution in [0.4, 0.5) is 5.00 Å². The number of benzene rings is 1.